The van der Waals surface area contributed by atoms with Crippen molar-refractivity contribution in [1.29, 1.82) is 0 Å². The summed E-state index contributed by atoms with van der Waals surface area (Å²) in [5.41, 5.74) is 1.36. The van der Waals surface area contributed by atoms with Gasteiger partial charge in [0.15, 0.2) is 5.82 Å². The van der Waals surface area contributed by atoms with E-state index in [1.807, 2.05) is 6.92 Å². The van der Waals surface area contributed by atoms with Crippen LogP contribution in [0.4, 0.5) is 19.0 Å². The molecule has 0 fully saturated rings. The van der Waals surface area contributed by atoms with E-state index in [0.717, 1.165) is 11.4 Å². The van der Waals surface area contributed by atoms with E-state index in [2.05, 4.69) is 25.2 Å². The molecule has 3 aromatic rings. The Kier molecular flexibility index (Phi) is 3.77. The molecular weight excluding hydrogens is 311 g/mol. The minimum atomic E-state index is -4.69. The molecule has 1 aromatic carbocycles. The highest BCUT2D eigenvalue weighted by atomic mass is 19.4. The topological polar surface area (TPSA) is 64.3 Å². The molecule has 0 aliphatic heterocycles. The fourth-order valence-electron chi connectivity index (χ4n) is 2.06. The maximum Gasteiger partial charge on any atom is 0.573 e. The first-order valence-electron chi connectivity index (χ1n) is 6.67. The Hall–Kier alpha value is -2.84. The largest absolute Gasteiger partial charge is 0.573 e. The van der Waals surface area contributed by atoms with Crippen molar-refractivity contribution in [3.05, 3.63) is 48.0 Å². The van der Waals surface area contributed by atoms with Crippen molar-refractivity contribution in [2.24, 2.45) is 0 Å². The highest BCUT2D eigenvalue weighted by Gasteiger charge is 2.30. The molecule has 3 rings (SSSR count). The summed E-state index contributed by atoms with van der Waals surface area (Å²) in [5, 5.41) is 11.1. The fraction of sp³-hybridized carbons (Fsp3) is 0.214. The average molecular weight is 323 g/mol. The van der Waals surface area contributed by atoms with Crippen molar-refractivity contribution in [3.63, 3.8) is 0 Å². The van der Waals surface area contributed by atoms with Crippen molar-refractivity contribution >= 4 is 11.5 Å². The van der Waals surface area contributed by atoms with Crippen LogP contribution in [-0.2, 0) is 6.54 Å². The van der Waals surface area contributed by atoms with E-state index in [4.69, 9.17) is 0 Å². The van der Waals surface area contributed by atoms with Crippen LogP contribution in [0.2, 0.25) is 0 Å². The second-order valence-corrected chi connectivity index (χ2v) is 4.76. The lowest BCUT2D eigenvalue weighted by molar-refractivity contribution is -0.274. The summed E-state index contributed by atoms with van der Waals surface area (Å²) in [4.78, 5) is 4.19. The molecule has 0 bridgehead atoms. The van der Waals surface area contributed by atoms with Gasteiger partial charge in [0.25, 0.3) is 0 Å². The highest BCUT2D eigenvalue weighted by Crippen LogP contribution is 2.23. The summed E-state index contributed by atoms with van der Waals surface area (Å²) in [6.45, 7) is 2.20. The maximum absolute atomic E-state index is 12.1. The van der Waals surface area contributed by atoms with Crippen molar-refractivity contribution in [2.45, 2.75) is 19.8 Å². The number of nitrogens with one attached hydrogen (secondary N) is 1. The first-order valence-corrected chi connectivity index (χ1v) is 6.67. The lowest BCUT2D eigenvalue weighted by Crippen LogP contribution is -2.17. The third-order valence-corrected chi connectivity index (χ3v) is 3.11. The van der Waals surface area contributed by atoms with E-state index in [0.29, 0.717) is 18.0 Å². The number of benzene rings is 1. The van der Waals surface area contributed by atoms with Gasteiger partial charge in [0.05, 0.1) is 0 Å². The van der Waals surface area contributed by atoms with E-state index in [9.17, 15) is 13.2 Å². The number of hydrogen-bond donors (Lipinski definition) is 1. The summed E-state index contributed by atoms with van der Waals surface area (Å²) < 4.78 is 41.9. The maximum atomic E-state index is 12.1. The van der Waals surface area contributed by atoms with Gasteiger partial charge < -0.3 is 10.1 Å². The smallest absolute Gasteiger partial charge is 0.406 e. The molecule has 2 heterocycles. The molecule has 0 aliphatic rings. The van der Waals surface area contributed by atoms with Gasteiger partial charge in [-0.25, -0.2) is 4.98 Å². The predicted molar refractivity (Wildman–Crippen MR) is 76.0 cm³/mol. The van der Waals surface area contributed by atoms with E-state index in [1.165, 1.54) is 12.1 Å². The monoisotopic (exact) mass is 323 g/mol. The number of alkyl halides is 3. The molecule has 1 N–H and O–H groups in total. The Morgan fingerprint density at radius 1 is 1.17 bits per heavy atom. The zero-order valence-corrected chi connectivity index (χ0v) is 12.0. The molecular formula is C14H12F3N5O. The fourth-order valence-corrected chi connectivity index (χ4v) is 2.06. The van der Waals surface area contributed by atoms with Crippen LogP contribution in [0.15, 0.2) is 36.7 Å². The molecule has 6 nitrogen and oxygen atoms in total. The number of aryl methyl sites for hydroxylation is 1. The SMILES string of the molecule is Cc1nnc2c(NCc3ccc(OC(F)(F)F)cc3)nccn12. The molecule has 0 unspecified atom stereocenters. The first kappa shape index (κ1) is 15.1. The third-order valence-electron chi connectivity index (χ3n) is 3.11. The molecule has 0 saturated carbocycles. The summed E-state index contributed by atoms with van der Waals surface area (Å²) in [5.74, 6) is 1.03. The van der Waals surface area contributed by atoms with Crippen LogP contribution in [0.25, 0.3) is 5.65 Å². The number of anilines is 1. The van der Waals surface area contributed by atoms with Crippen LogP contribution in [0.1, 0.15) is 11.4 Å². The van der Waals surface area contributed by atoms with E-state index in [-0.39, 0.29) is 5.75 Å². The van der Waals surface area contributed by atoms with Crippen molar-refractivity contribution in [2.75, 3.05) is 5.32 Å². The Morgan fingerprint density at radius 3 is 2.61 bits per heavy atom. The molecule has 0 saturated heterocycles. The summed E-state index contributed by atoms with van der Waals surface area (Å²) in [7, 11) is 0. The molecule has 0 radical (unpaired) electrons. The standard InChI is InChI=1S/C14H12F3N5O/c1-9-20-21-13-12(18-6-7-22(9)13)19-8-10-2-4-11(5-3-10)23-14(15,16)17/h2-7H,8H2,1H3,(H,18,19). The number of hydrogen-bond acceptors (Lipinski definition) is 5. The van der Waals surface area contributed by atoms with E-state index < -0.39 is 6.36 Å². The summed E-state index contributed by atoms with van der Waals surface area (Å²) >= 11 is 0. The second kappa shape index (κ2) is 5.75. The van der Waals surface area contributed by atoms with Gasteiger partial charge in [-0.1, -0.05) is 12.1 Å². The van der Waals surface area contributed by atoms with Crippen molar-refractivity contribution in [3.8, 4) is 5.75 Å². The summed E-state index contributed by atoms with van der Waals surface area (Å²) in [6, 6.07) is 5.62. The van der Waals surface area contributed by atoms with Gasteiger partial charge in [0.1, 0.15) is 11.6 Å². The van der Waals surface area contributed by atoms with Gasteiger partial charge in [-0.15, -0.1) is 23.4 Å². The molecule has 0 aliphatic carbocycles. The molecule has 0 amide bonds. The Balaban J connectivity index is 1.70. The molecule has 2 aromatic heterocycles. The minimum absolute atomic E-state index is 0.255. The van der Waals surface area contributed by atoms with Gasteiger partial charge in [-0.3, -0.25) is 4.40 Å². The number of nitrogens with zero attached hydrogens (tertiary/aromatic N) is 4. The molecule has 0 spiro atoms. The average Bonchev–Trinajstić information content (AvgIpc) is 2.87. The number of ether oxygens (including phenoxy) is 1. The number of halogens is 3. The van der Waals surface area contributed by atoms with Gasteiger partial charge in [0.2, 0.25) is 5.65 Å². The Bertz CT molecular complexity index is 813. The van der Waals surface area contributed by atoms with Crippen LogP contribution in [0.3, 0.4) is 0 Å². The van der Waals surface area contributed by atoms with Crippen molar-refractivity contribution in [1.82, 2.24) is 19.6 Å². The third kappa shape index (κ3) is 3.50. The van der Waals surface area contributed by atoms with Gasteiger partial charge in [-0.2, -0.15) is 0 Å². The summed E-state index contributed by atoms with van der Waals surface area (Å²) in [6.07, 6.45) is -1.32. The van der Waals surface area contributed by atoms with Crippen LogP contribution in [-0.4, -0.2) is 25.9 Å². The van der Waals surface area contributed by atoms with Crippen LogP contribution in [0.5, 0.6) is 5.75 Å². The predicted octanol–water partition coefficient (Wildman–Crippen LogP) is 2.94. The normalized spacial score (nSPS) is 11.7. The highest BCUT2D eigenvalue weighted by molar-refractivity contribution is 5.62. The van der Waals surface area contributed by atoms with Gasteiger partial charge in [-0.05, 0) is 24.6 Å². The van der Waals surface area contributed by atoms with E-state index in [1.54, 1.807) is 28.9 Å². The minimum Gasteiger partial charge on any atom is -0.406 e. The number of rotatable bonds is 4. The van der Waals surface area contributed by atoms with E-state index >= 15 is 0 Å². The van der Waals surface area contributed by atoms with Crippen LogP contribution in [0, 0.1) is 6.92 Å². The van der Waals surface area contributed by atoms with Crippen LogP contribution >= 0.6 is 0 Å². The second-order valence-electron chi connectivity index (χ2n) is 4.76. The van der Waals surface area contributed by atoms with Crippen molar-refractivity contribution < 1.29 is 17.9 Å². The zero-order valence-electron chi connectivity index (χ0n) is 12.0. The Labute approximate surface area is 128 Å². The lowest BCUT2D eigenvalue weighted by Gasteiger charge is -2.10. The quantitative estimate of drug-likeness (QED) is 0.800. The molecule has 0 atom stereocenters. The zero-order chi connectivity index (χ0) is 16.4. The molecule has 9 heteroatoms. The van der Waals surface area contributed by atoms with Gasteiger partial charge in [0, 0.05) is 18.9 Å². The molecule has 23 heavy (non-hydrogen) atoms. The lowest BCUT2D eigenvalue weighted by atomic mass is 10.2. The number of aromatic nitrogens is 4. The van der Waals surface area contributed by atoms with Gasteiger partial charge >= 0.3 is 6.36 Å². The Morgan fingerprint density at radius 2 is 1.91 bits per heavy atom. The van der Waals surface area contributed by atoms with Crippen LogP contribution < -0.4 is 10.1 Å². The molecule has 120 valence electrons. The number of fused-ring (bicyclic) bond motifs is 1. The first-order chi connectivity index (χ1) is 10.9.